The molecule has 0 rings (SSSR count). The molecule has 0 saturated heterocycles. The molecule has 94 valence electrons. The number of alkyl carbamates (subject to hydrolysis) is 1. The first kappa shape index (κ1) is 15.0. The minimum Gasteiger partial charge on any atom is -0.478 e. The lowest BCUT2D eigenvalue weighted by molar-refractivity contribution is -0.132. The Balaban J connectivity index is 4.51. The Hall–Kier alpha value is -2.04. The van der Waals surface area contributed by atoms with E-state index in [2.05, 4.69) is 18.5 Å². The number of hydrogen-bond acceptors (Lipinski definition) is 3. The maximum Gasteiger partial charge on any atom is 0.412 e. The number of carbonyl (C=O) groups is 2. The van der Waals surface area contributed by atoms with Gasteiger partial charge in [-0.2, -0.15) is 0 Å². The fourth-order valence-corrected chi connectivity index (χ4v) is 0.866. The molecule has 0 radical (unpaired) electrons. The van der Waals surface area contributed by atoms with Gasteiger partial charge in [-0.15, -0.1) is 0 Å². The zero-order valence-electron chi connectivity index (χ0n) is 10.2. The number of carbonyl (C=O) groups excluding carboxylic acids is 1. The van der Waals surface area contributed by atoms with Gasteiger partial charge in [0.25, 0.3) is 0 Å². The molecule has 0 atom stereocenters. The van der Waals surface area contributed by atoms with Gasteiger partial charge in [0.05, 0.1) is 5.57 Å². The van der Waals surface area contributed by atoms with Gasteiger partial charge < -0.3 is 9.84 Å². The molecule has 5 nitrogen and oxygen atoms in total. The lowest BCUT2D eigenvalue weighted by Gasteiger charge is -2.19. The summed E-state index contributed by atoms with van der Waals surface area (Å²) in [6, 6.07) is 0. The molecule has 0 spiro atoms. The Morgan fingerprint density at radius 2 is 1.88 bits per heavy atom. The van der Waals surface area contributed by atoms with Gasteiger partial charge in [0.1, 0.15) is 5.60 Å². The molecule has 0 bridgehead atoms. The minimum absolute atomic E-state index is 0.0638. The van der Waals surface area contributed by atoms with Crippen LogP contribution in [0.4, 0.5) is 4.79 Å². The van der Waals surface area contributed by atoms with Crippen molar-refractivity contribution in [3.63, 3.8) is 0 Å². The molecule has 0 aromatic rings. The average molecular weight is 239 g/mol. The highest BCUT2D eigenvalue weighted by Crippen LogP contribution is 2.07. The van der Waals surface area contributed by atoms with Crippen LogP contribution in [0.2, 0.25) is 0 Å². The SMILES string of the molecule is C=C/C(=C\C(=C)NC(=O)OC(C)(C)C)C(=O)O. The van der Waals surface area contributed by atoms with Crippen LogP contribution in [0.5, 0.6) is 0 Å². The number of hydrogen-bond donors (Lipinski definition) is 2. The molecule has 5 heteroatoms. The summed E-state index contributed by atoms with van der Waals surface area (Å²) >= 11 is 0. The van der Waals surface area contributed by atoms with Crippen LogP contribution >= 0.6 is 0 Å². The Kier molecular flexibility index (Phi) is 5.18. The molecule has 0 aromatic heterocycles. The van der Waals surface area contributed by atoms with E-state index in [1.54, 1.807) is 20.8 Å². The van der Waals surface area contributed by atoms with Gasteiger partial charge >= 0.3 is 12.1 Å². The number of aliphatic carboxylic acids is 1. The zero-order valence-corrected chi connectivity index (χ0v) is 10.2. The van der Waals surface area contributed by atoms with Crippen molar-refractivity contribution < 1.29 is 19.4 Å². The van der Waals surface area contributed by atoms with Crippen molar-refractivity contribution in [2.24, 2.45) is 0 Å². The van der Waals surface area contributed by atoms with Crippen LogP contribution in [0, 0.1) is 0 Å². The van der Waals surface area contributed by atoms with Crippen LogP contribution in [-0.4, -0.2) is 22.8 Å². The summed E-state index contributed by atoms with van der Waals surface area (Å²) in [5.41, 5.74) is -0.565. The molecule has 0 aliphatic rings. The summed E-state index contributed by atoms with van der Waals surface area (Å²) in [4.78, 5) is 22.0. The topological polar surface area (TPSA) is 75.6 Å². The summed E-state index contributed by atoms with van der Waals surface area (Å²) in [6.45, 7) is 12.0. The minimum atomic E-state index is -1.15. The average Bonchev–Trinajstić information content (AvgIpc) is 2.09. The molecule has 0 aliphatic carbocycles. The summed E-state index contributed by atoms with van der Waals surface area (Å²) in [5.74, 6) is -1.15. The molecule has 0 heterocycles. The molecule has 0 unspecified atom stereocenters. The second-order valence-electron chi connectivity index (χ2n) is 4.26. The van der Waals surface area contributed by atoms with E-state index in [1.165, 1.54) is 6.08 Å². The predicted octanol–water partition coefficient (Wildman–Crippen LogP) is 2.22. The van der Waals surface area contributed by atoms with Crippen molar-refractivity contribution in [1.82, 2.24) is 5.32 Å². The van der Waals surface area contributed by atoms with E-state index in [1.807, 2.05) is 0 Å². The molecule has 0 aliphatic heterocycles. The van der Waals surface area contributed by atoms with Crippen molar-refractivity contribution in [2.45, 2.75) is 26.4 Å². The second-order valence-corrected chi connectivity index (χ2v) is 4.26. The third-order valence-corrected chi connectivity index (χ3v) is 1.46. The largest absolute Gasteiger partial charge is 0.478 e. The first-order valence-corrected chi connectivity index (χ1v) is 4.92. The highest BCUT2D eigenvalue weighted by molar-refractivity contribution is 5.90. The van der Waals surface area contributed by atoms with E-state index < -0.39 is 17.7 Å². The maximum atomic E-state index is 11.3. The van der Waals surface area contributed by atoms with Gasteiger partial charge in [0.15, 0.2) is 0 Å². The lowest BCUT2D eigenvalue weighted by Crippen LogP contribution is -2.31. The van der Waals surface area contributed by atoms with Crippen LogP contribution in [-0.2, 0) is 9.53 Å². The van der Waals surface area contributed by atoms with E-state index in [4.69, 9.17) is 9.84 Å². The van der Waals surface area contributed by atoms with Gasteiger partial charge in [0.2, 0.25) is 0 Å². The van der Waals surface area contributed by atoms with Gasteiger partial charge in [-0.05, 0) is 26.8 Å². The highest BCUT2D eigenvalue weighted by Gasteiger charge is 2.16. The summed E-state index contributed by atoms with van der Waals surface area (Å²) in [5, 5.41) is 11.0. The third-order valence-electron chi connectivity index (χ3n) is 1.46. The Bertz CT molecular complexity index is 374. The number of carboxylic acids is 1. The first-order chi connectivity index (χ1) is 7.65. The molecule has 2 N–H and O–H groups in total. The molecular weight excluding hydrogens is 222 g/mol. The fraction of sp³-hybridized carbons (Fsp3) is 0.333. The fourth-order valence-electron chi connectivity index (χ4n) is 0.866. The Labute approximate surface area is 100 Å². The van der Waals surface area contributed by atoms with Crippen molar-refractivity contribution in [3.05, 3.63) is 36.6 Å². The van der Waals surface area contributed by atoms with Crippen molar-refractivity contribution >= 4 is 12.1 Å². The van der Waals surface area contributed by atoms with Gasteiger partial charge in [-0.25, -0.2) is 9.59 Å². The van der Waals surface area contributed by atoms with Crippen LogP contribution in [0.1, 0.15) is 20.8 Å². The number of carboxylic acid groups (broad SMARTS) is 1. The quantitative estimate of drug-likeness (QED) is 0.582. The molecule has 0 aromatic carbocycles. The first-order valence-electron chi connectivity index (χ1n) is 4.92. The highest BCUT2D eigenvalue weighted by atomic mass is 16.6. The number of nitrogens with one attached hydrogen (secondary N) is 1. The summed E-state index contributed by atoms with van der Waals surface area (Å²) in [6.07, 6.45) is 1.66. The summed E-state index contributed by atoms with van der Waals surface area (Å²) < 4.78 is 4.97. The standard InChI is InChI=1S/C12H17NO4/c1-6-9(10(14)15)7-8(2)13-11(16)17-12(3,4)5/h6-7H,1-2H2,3-5H3,(H,13,16)(H,14,15)/b9-7+. The monoisotopic (exact) mass is 239 g/mol. The number of ether oxygens (including phenoxy) is 1. The third kappa shape index (κ3) is 6.94. The van der Waals surface area contributed by atoms with Crippen molar-refractivity contribution in [2.75, 3.05) is 0 Å². The van der Waals surface area contributed by atoms with Crippen LogP contribution in [0.3, 0.4) is 0 Å². The second kappa shape index (κ2) is 5.89. The van der Waals surface area contributed by atoms with Crippen LogP contribution in [0.15, 0.2) is 36.6 Å². The molecule has 0 saturated carbocycles. The normalized spacial score (nSPS) is 11.6. The predicted molar refractivity (Wildman–Crippen MR) is 64.4 cm³/mol. The Morgan fingerprint density at radius 3 is 2.24 bits per heavy atom. The van der Waals surface area contributed by atoms with E-state index in [0.717, 1.165) is 6.08 Å². The van der Waals surface area contributed by atoms with E-state index in [0.29, 0.717) is 0 Å². The molecule has 17 heavy (non-hydrogen) atoms. The zero-order chi connectivity index (χ0) is 13.6. The van der Waals surface area contributed by atoms with Gasteiger partial charge in [0, 0.05) is 5.70 Å². The molecular formula is C12H17NO4. The van der Waals surface area contributed by atoms with E-state index in [9.17, 15) is 9.59 Å². The van der Waals surface area contributed by atoms with E-state index in [-0.39, 0.29) is 11.3 Å². The van der Waals surface area contributed by atoms with Gasteiger partial charge in [-0.1, -0.05) is 19.2 Å². The number of allylic oxidation sites excluding steroid dienone is 1. The van der Waals surface area contributed by atoms with Crippen molar-refractivity contribution in [3.8, 4) is 0 Å². The number of amides is 1. The van der Waals surface area contributed by atoms with Crippen molar-refractivity contribution in [1.29, 1.82) is 0 Å². The lowest BCUT2D eigenvalue weighted by atomic mass is 10.2. The smallest absolute Gasteiger partial charge is 0.412 e. The maximum absolute atomic E-state index is 11.3. The molecule has 0 fully saturated rings. The van der Waals surface area contributed by atoms with Crippen LogP contribution < -0.4 is 5.32 Å². The molecule has 1 amide bonds. The Morgan fingerprint density at radius 1 is 1.35 bits per heavy atom. The van der Waals surface area contributed by atoms with E-state index >= 15 is 0 Å². The van der Waals surface area contributed by atoms with Crippen LogP contribution in [0.25, 0.3) is 0 Å². The number of rotatable bonds is 4. The van der Waals surface area contributed by atoms with Gasteiger partial charge in [-0.3, -0.25) is 5.32 Å². The summed E-state index contributed by atoms with van der Waals surface area (Å²) in [7, 11) is 0.